The van der Waals surface area contributed by atoms with E-state index in [1.807, 2.05) is 0 Å². The molecule has 0 aliphatic rings. The van der Waals surface area contributed by atoms with E-state index in [-0.39, 0.29) is 24.4 Å². The number of hydrogen-bond acceptors (Lipinski definition) is 2. The SMILES string of the molecule is Cc1ccc(CCCCC(=O)NC(CN)CC(C)C)cc1.Cl. The van der Waals surface area contributed by atoms with E-state index in [0.717, 1.165) is 25.7 Å². The number of nitrogens with one attached hydrogen (secondary N) is 1. The number of halogens is 1. The maximum Gasteiger partial charge on any atom is 0.220 e. The van der Waals surface area contributed by atoms with Gasteiger partial charge in [0.05, 0.1) is 0 Å². The highest BCUT2D eigenvalue weighted by atomic mass is 35.5. The van der Waals surface area contributed by atoms with Crippen LogP contribution in [0.5, 0.6) is 0 Å². The molecule has 126 valence electrons. The summed E-state index contributed by atoms with van der Waals surface area (Å²) in [6.45, 7) is 6.92. The lowest BCUT2D eigenvalue weighted by Gasteiger charge is -2.18. The second-order valence-corrected chi connectivity index (χ2v) is 6.32. The molecule has 4 heteroatoms. The molecule has 0 spiro atoms. The first-order chi connectivity index (χ1) is 10.0. The maximum absolute atomic E-state index is 11.9. The molecule has 0 fully saturated rings. The molecule has 1 aromatic carbocycles. The van der Waals surface area contributed by atoms with Crippen LogP contribution < -0.4 is 11.1 Å². The van der Waals surface area contributed by atoms with Crippen LogP contribution in [0, 0.1) is 12.8 Å². The summed E-state index contributed by atoms with van der Waals surface area (Å²) in [5, 5.41) is 3.04. The van der Waals surface area contributed by atoms with Gasteiger partial charge in [0.1, 0.15) is 0 Å². The Bertz CT molecular complexity index is 418. The van der Waals surface area contributed by atoms with Gasteiger partial charge < -0.3 is 11.1 Å². The third-order valence-electron chi connectivity index (χ3n) is 3.65. The first-order valence-corrected chi connectivity index (χ1v) is 8.06. The summed E-state index contributed by atoms with van der Waals surface area (Å²) >= 11 is 0. The summed E-state index contributed by atoms with van der Waals surface area (Å²) in [6.07, 6.45) is 4.57. The number of carbonyl (C=O) groups is 1. The molecule has 0 radical (unpaired) electrons. The van der Waals surface area contributed by atoms with Crippen molar-refractivity contribution in [2.24, 2.45) is 11.7 Å². The summed E-state index contributed by atoms with van der Waals surface area (Å²) in [4.78, 5) is 11.9. The standard InChI is InChI=1S/C18H30N2O.ClH/c1-14(2)12-17(13-19)20-18(21)7-5-4-6-16-10-8-15(3)9-11-16;/h8-11,14,17H,4-7,12-13,19H2,1-3H3,(H,20,21);1H. The molecule has 0 aliphatic carbocycles. The summed E-state index contributed by atoms with van der Waals surface area (Å²) in [7, 11) is 0. The van der Waals surface area contributed by atoms with Crippen LogP contribution in [-0.4, -0.2) is 18.5 Å². The van der Waals surface area contributed by atoms with Gasteiger partial charge in [-0.3, -0.25) is 4.79 Å². The molecule has 3 nitrogen and oxygen atoms in total. The highest BCUT2D eigenvalue weighted by Crippen LogP contribution is 2.09. The van der Waals surface area contributed by atoms with Gasteiger partial charge in [0, 0.05) is 19.0 Å². The quantitative estimate of drug-likeness (QED) is 0.681. The van der Waals surface area contributed by atoms with Gasteiger partial charge in [-0.05, 0) is 44.1 Å². The van der Waals surface area contributed by atoms with Crippen LogP contribution in [0.1, 0.15) is 50.7 Å². The fourth-order valence-corrected chi connectivity index (χ4v) is 2.45. The Hall–Kier alpha value is -1.06. The van der Waals surface area contributed by atoms with Crippen molar-refractivity contribution >= 4 is 18.3 Å². The lowest BCUT2D eigenvalue weighted by molar-refractivity contribution is -0.121. The van der Waals surface area contributed by atoms with E-state index in [9.17, 15) is 4.79 Å². The Morgan fingerprint density at radius 3 is 2.36 bits per heavy atom. The Labute approximate surface area is 141 Å². The lowest BCUT2D eigenvalue weighted by Crippen LogP contribution is -2.40. The van der Waals surface area contributed by atoms with Crippen molar-refractivity contribution in [1.82, 2.24) is 5.32 Å². The van der Waals surface area contributed by atoms with E-state index in [1.54, 1.807) is 0 Å². The molecule has 0 heterocycles. The van der Waals surface area contributed by atoms with E-state index in [0.29, 0.717) is 18.9 Å². The van der Waals surface area contributed by atoms with Crippen LogP contribution in [0.25, 0.3) is 0 Å². The van der Waals surface area contributed by atoms with Gasteiger partial charge >= 0.3 is 0 Å². The Morgan fingerprint density at radius 1 is 1.18 bits per heavy atom. The minimum atomic E-state index is 0. The molecular weight excluding hydrogens is 296 g/mol. The van der Waals surface area contributed by atoms with Gasteiger partial charge in [0.15, 0.2) is 0 Å². The van der Waals surface area contributed by atoms with Crippen LogP contribution in [0.2, 0.25) is 0 Å². The van der Waals surface area contributed by atoms with E-state index in [1.165, 1.54) is 11.1 Å². The summed E-state index contributed by atoms with van der Waals surface area (Å²) in [5.74, 6) is 0.690. The third kappa shape index (κ3) is 9.06. The first-order valence-electron chi connectivity index (χ1n) is 8.06. The number of amides is 1. The van der Waals surface area contributed by atoms with Gasteiger partial charge in [-0.25, -0.2) is 0 Å². The Balaban J connectivity index is 0.00000441. The number of carbonyl (C=O) groups excluding carboxylic acids is 1. The zero-order valence-corrected chi connectivity index (χ0v) is 14.9. The fourth-order valence-electron chi connectivity index (χ4n) is 2.45. The fraction of sp³-hybridized carbons (Fsp3) is 0.611. The molecule has 0 saturated heterocycles. The van der Waals surface area contributed by atoms with Crippen LogP contribution in [0.4, 0.5) is 0 Å². The minimum Gasteiger partial charge on any atom is -0.352 e. The lowest BCUT2D eigenvalue weighted by atomic mass is 10.0. The number of nitrogens with two attached hydrogens (primary N) is 1. The first kappa shape index (κ1) is 20.9. The van der Waals surface area contributed by atoms with Crippen LogP contribution in [-0.2, 0) is 11.2 Å². The zero-order chi connectivity index (χ0) is 15.7. The van der Waals surface area contributed by atoms with E-state index in [4.69, 9.17) is 5.73 Å². The molecule has 22 heavy (non-hydrogen) atoms. The van der Waals surface area contributed by atoms with Gasteiger partial charge in [0.25, 0.3) is 0 Å². The third-order valence-corrected chi connectivity index (χ3v) is 3.65. The van der Waals surface area contributed by atoms with Crippen molar-refractivity contribution in [1.29, 1.82) is 0 Å². The number of aryl methyl sites for hydroxylation is 2. The van der Waals surface area contributed by atoms with Gasteiger partial charge in [-0.2, -0.15) is 0 Å². The summed E-state index contributed by atoms with van der Waals surface area (Å²) in [5.41, 5.74) is 8.33. The molecule has 1 rings (SSSR count). The van der Waals surface area contributed by atoms with Gasteiger partial charge in [0.2, 0.25) is 5.91 Å². The van der Waals surface area contributed by atoms with E-state index >= 15 is 0 Å². The predicted molar refractivity (Wildman–Crippen MR) is 96.4 cm³/mol. The van der Waals surface area contributed by atoms with Crippen LogP contribution in [0.3, 0.4) is 0 Å². The number of hydrogen-bond donors (Lipinski definition) is 2. The van der Waals surface area contributed by atoms with Crippen molar-refractivity contribution < 1.29 is 4.79 Å². The second-order valence-electron chi connectivity index (χ2n) is 6.32. The van der Waals surface area contributed by atoms with Crippen molar-refractivity contribution in [2.75, 3.05) is 6.54 Å². The number of benzene rings is 1. The molecular formula is C18H31ClN2O. The molecule has 0 bridgehead atoms. The van der Waals surface area contributed by atoms with Crippen LogP contribution >= 0.6 is 12.4 Å². The van der Waals surface area contributed by atoms with Gasteiger partial charge in [-0.1, -0.05) is 43.7 Å². The van der Waals surface area contributed by atoms with Gasteiger partial charge in [-0.15, -0.1) is 12.4 Å². The average molecular weight is 327 g/mol. The second kappa shape index (κ2) is 11.5. The molecule has 3 N–H and O–H groups in total. The van der Waals surface area contributed by atoms with Crippen molar-refractivity contribution in [3.63, 3.8) is 0 Å². The van der Waals surface area contributed by atoms with E-state index in [2.05, 4.69) is 50.4 Å². The molecule has 0 aromatic heterocycles. The molecule has 1 atom stereocenters. The maximum atomic E-state index is 11.9. The Kier molecular flexibility index (Phi) is 10.9. The smallest absolute Gasteiger partial charge is 0.220 e. The highest BCUT2D eigenvalue weighted by Gasteiger charge is 2.11. The van der Waals surface area contributed by atoms with Crippen molar-refractivity contribution in [2.45, 2.75) is 58.9 Å². The summed E-state index contributed by atoms with van der Waals surface area (Å²) < 4.78 is 0. The minimum absolute atomic E-state index is 0. The zero-order valence-electron chi connectivity index (χ0n) is 14.1. The largest absolute Gasteiger partial charge is 0.352 e. The van der Waals surface area contributed by atoms with Crippen molar-refractivity contribution in [3.8, 4) is 0 Å². The molecule has 0 aliphatic heterocycles. The highest BCUT2D eigenvalue weighted by molar-refractivity contribution is 5.85. The monoisotopic (exact) mass is 326 g/mol. The number of rotatable bonds is 9. The van der Waals surface area contributed by atoms with Crippen LogP contribution in [0.15, 0.2) is 24.3 Å². The Morgan fingerprint density at radius 2 is 1.82 bits per heavy atom. The van der Waals surface area contributed by atoms with E-state index < -0.39 is 0 Å². The predicted octanol–water partition coefficient (Wildman–Crippen LogP) is 3.62. The van der Waals surface area contributed by atoms with Crippen molar-refractivity contribution in [3.05, 3.63) is 35.4 Å². The molecule has 1 amide bonds. The molecule has 1 aromatic rings. The average Bonchev–Trinajstić information content (AvgIpc) is 2.44. The normalized spacial score (nSPS) is 11.9. The molecule has 0 saturated carbocycles. The molecule has 1 unspecified atom stereocenters. The number of unbranched alkanes of at least 4 members (excludes halogenated alkanes) is 1. The summed E-state index contributed by atoms with van der Waals surface area (Å²) in [6, 6.07) is 8.74. The topological polar surface area (TPSA) is 55.1 Å².